The molecule has 0 saturated carbocycles. The van der Waals surface area contributed by atoms with Crippen LogP contribution in [0, 0.1) is 0 Å². The average Bonchev–Trinajstić information content (AvgIpc) is 2.97. The minimum absolute atomic E-state index is 0.0296. The molecule has 25 heavy (non-hydrogen) atoms. The molecule has 1 unspecified atom stereocenters. The van der Waals surface area contributed by atoms with Crippen LogP contribution in [0.3, 0.4) is 0 Å². The van der Waals surface area contributed by atoms with Gasteiger partial charge in [-0.25, -0.2) is 4.79 Å². The summed E-state index contributed by atoms with van der Waals surface area (Å²) in [6.45, 7) is 1.92. The Morgan fingerprint density at radius 2 is 1.64 bits per heavy atom. The van der Waals surface area contributed by atoms with E-state index in [1.807, 2.05) is 18.2 Å². The van der Waals surface area contributed by atoms with E-state index >= 15 is 0 Å². The van der Waals surface area contributed by atoms with E-state index in [2.05, 4.69) is 10.6 Å². The van der Waals surface area contributed by atoms with E-state index < -0.39 is 18.0 Å². The summed E-state index contributed by atoms with van der Waals surface area (Å²) in [5.41, 5.74) is 0.644. The SMILES string of the molecule is O=C1NC(=O)C(CCC(=O)N2CCN(C(=O)c3ccccc3)CC2)N1. The van der Waals surface area contributed by atoms with Gasteiger partial charge in [-0.3, -0.25) is 19.7 Å². The highest BCUT2D eigenvalue weighted by Gasteiger charge is 2.31. The fourth-order valence-corrected chi connectivity index (χ4v) is 3.01. The molecule has 0 aromatic heterocycles. The topological polar surface area (TPSA) is 98.8 Å². The van der Waals surface area contributed by atoms with Gasteiger partial charge in [0.05, 0.1) is 0 Å². The highest BCUT2D eigenvalue weighted by Crippen LogP contribution is 2.11. The van der Waals surface area contributed by atoms with E-state index in [9.17, 15) is 19.2 Å². The maximum atomic E-state index is 12.4. The van der Waals surface area contributed by atoms with Crippen molar-refractivity contribution in [2.24, 2.45) is 0 Å². The van der Waals surface area contributed by atoms with E-state index in [1.54, 1.807) is 21.9 Å². The molecule has 2 aliphatic heterocycles. The summed E-state index contributed by atoms with van der Waals surface area (Å²) in [6.07, 6.45) is 0.463. The summed E-state index contributed by atoms with van der Waals surface area (Å²) >= 11 is 0. The van der Waals surface area contributed by atoms with Crippen LogP contribution in [-0.2, 0) is 9.59 Å². The number of hydrogen-bond acceptors (Lipinski definition) is 4. The van der Waals surface area contributed by atoms with Gasteiger partial charge in [-0.15, -0.1) is 0 Å². The van der Waals surface area contributed by atoms with Gasteiger partial charge >= 0.3 is 6.03 Å². The molecule has 0 bridgehead atoms. The molecule has 0 spiro atoms. The first-order chi connectivity index (χ1) is 12.0. The number of amides is 5. The van der Waals surface area contributed by atoms with Crippen molar-refractivity contribution in [1.29, 1.82) is 0 Å². The lowest BCUT2D eigenvalue weighted by Gasteiger charge is -2.35. The number of piperazine rings is 1. The van der Waals surface area contributed by atoms with Crippen LogP contribution in [0.2, 0.25) is 0 Å². The van der Waals surface area contributed by atoms with E-state index in [0.29, 0.717) is 31.7 Å². The fraction of sp³-hybridized carbons (Fsp3) is 0.412. The molecule has 8 nitrogen and oxygen atoms in total. The van der Waals surface area contributed by atoms with Crippen LogP contribution in [0.15, 0.2) is 30.3 Å². The van der Waals surface area contributed by atoms with Gasteiger partial charge in [0, 0.05) is 38.2 Å². The van der Waals surface area contributed by atoms with Crippen LogP contribution in [0.1, 0.15) is 23.2 Å². The highest BCUT2D eigenvalue weighted by atomic mass is 16.2. The Kier molecular flexibility index (Phi) is 4.97. The molecule has 1 atom stereocenters. The van der Waals surface area contributed by atoms with Gasteiger partial charge in [0.2, 0.25) is 5.91 Å². The second kappa shape index (κ2) is 7.33. The minimum Gasteiger partial charge on any atom is -0.339 e. The maximum Gasteiger partial charge on any atom is 0.322 e. The lowest BCUT2D eigenvalue weighted by Crippen LogP contribution is -2.50. The third kappa shape index (κ3) is 3.96. The van der Waals surface area contributed by atoms with Crippen molar-refractivity contribution in [2.45, 2.75) is 18.9 Å². The van der Waals surface area contributed by atoms with Crippen molar-refractivity contribution in [2.75, 3.05) is 26.2 Å². The molecule has 2 saturated heterocycles. The molecule has 2 heterocycles. The van der Waals surface area contributed by atoms with Crippen molar-refractivity contribution in [1.82, 2.24) is 20.4 Å². The molecule has 0 aliphatic carbocycles. The molecule has 2 N–H and O–H groups in total. The molecular formula is C17H20N4O4. The van der Waals surface area contributed by atoms with E-state index in [0.717, 1.165) is 0 Å². The maximum absolute atomic E-state index is 12.4. The van der Waals surface area contributed by atoms with Crippen LogP contribution in [-0.4, -0.2) is 65.8 Å². The van der Waals surface area contributed by atoms with Gasteiger partial charge < -0.3 is 15.1 Å². The Morgan fingerprint density at radius 1 is 1.00 bits per heavy atom. The number of imide groups is 1. The predicted octanol–water partition coefficient (Wildman–Crippen LogP) is -0.0408. The summed E-state index contributed by atoms with van der Waals surface area (Å²) in [7, 11) is 0. The quantitative estimate of drug-likeness (QED) is 0.749. The second-order valence-corrected chi connectivity index (χ2v) is 6.09. The van der Waals surface area contributed by atoms with Crippen LogP contribution in [0.5, 0.6) is 0 Å². The second-order valence-electron chi connectivity index (χ2n) is 6.09. The summed E-state index contributed by atoms with van der Waals surface area (Å²) in [5.74, 6) is -0.491. The van der Waals surface area contributed by atoms with Gasteiger partial charge in [0.25, 0.3) is 11.8 Å². The zero-order valence-electron chi connectivity index (χ0n) is 13.7. The summed E-state index contributed by atoms with van der Waals surface area (Å²) in [4.78, 5) is 50.6. The average molecular weight is 344 g/mol. The van der Waals surface area contributed by atoms with Crippen LogP contribution in [0.25, 0.3) is 0 Å². The Bertz CT molecular complexity index is 683. The van der Waals surface area contributed by atoms with Gasteiger partial charge in [0.1, 0.15) is 6.04 Å². The molecule has 3 rings (SSSR count). The molecule has 0 radical (unpaired) electrons. The number of urea groups is 1. The summed E-state index contributed by atoms with van der Waals surface area (Å²) < 4.78 is 0. The number of benzene rings is 1. The Labute approximate surface area is 145 Å². The lowest BCUT2D eigenvalue weighted by atomic mass is 10.1. The first-order valence-corrected chi connectivity index (χ1v) is 8.28. The standard InChI is InChI=1S/C17H20N4O4/c22-14(7-6-13-15(23)19-17(25)18-13)20-8-10-21(11-9-20)16(24)12-4-2-1-3-5-12/h1-5,13H,6-11H2,(H2,18,19,23,25). The van der Waals surface area contributed by atoms with Crippen molar-refractivity contribution in [3.05, 3.63) is 35.9 Å². The molecule has 1 aromatic carbocycles. The number of carbonyl (C=O) groups is 4. The van der Waals surface area contributed by atoms with Gasteiger partial charge in [-0.2, -0.15) is 0 Å². The molecular weight excluding hydrogens is 324 g/mol. The minimum atomic E-state index is -0.641. The van der Waals surface area contributed by atoms with E-state index in [4.69, 9.17) is 0 Å². The van der Waals surface area contributed by atoms with Crippen molar-refractivity contribution >= 4 is 23.8 Å². The lowest BCUT2D eigenvalue weighted by molar-refractivity contribution is -0.133. The molecule has 1 aromatic rings. The number of nitrogens with zero attached hydrogens (tertiary/aromatic N) is 2. The normalized spacial score (nSPS) is 20.2. The number of rotatable bonds is 4. The summed E-state index contributed by atoms with van der Waals surface area (Å²) in [6, 6.07) is 7.91. The van der Waals surface area contributed by atoms with Crippen molar-refractivity contribution in [3.8, 4) is 0 Å². The van der Waals surface area contributed by atoms with Crippen molar-refractivity contribution < 1.29 is 19.2 Å². The zero-order valence-corrected chi connectivity index (χ0v) is 13.7. The van der Waals surface area contributed by atoms with E-state index in [1.165, 1.54) is 0 Å². The Balaban J connectivity index is 1.45. The first kappa shape index (κ1) is 16.9. The first-order valence-electron chi connectivity index (χ1n) is 8.28. The van der Waals surface area contributed by atoms with Crippen molar-refractivity contribution in [3.63, 3.8) is 0 Å². The molecule has 5 amide bonds. The van der Waals surface area contributed by atoms with Gasteiger partial charge in [0.15, 0.2) is 0 Å². The summed E-state index contributed by atoms with van der Waals surface area (Å²) in [5, 5.41) is 4.62. The predicted molar refractivity (Wildman–Crippen MR) is 88.6 cm³/mol. The van der Waals surface area contributed by atoms with Gasteiger partial charge in [-0.1, -0.05) is 18.2 Å². The Morgan fingerprint density at radius 3 is 2.24 bits per heavy atom. The fourth-order valence-electron chi connectivity index (χ4n) is 3.01. The largest absolute Gasteiger partial charge is 0.339 e. The van der Waals surface area contributed by atoms with Crippen LogP contribution >= 0.6 is 0 Å². The molecule has 2 aliphatic rings. The number of hydrogen-bond donors (Lipinski definition) is 2. The van der Waals surface area contributed by atoms with Crippen LogP contribution in [0.4, 0.5) is 4.79 Å². The molecule has 8 heteroatoms. The third-order valence-corrected chi connectivity index (χ3v) is 4.45. The number of carbonyl (C=O) groups excluding carboxylic acids is 4. The van der Waals surface area contributed by atoms with E-state index in [-0.39, 0.29) is 24.7 Å². The monoisotopic (exact) mass is 344 g/mol. The number of nitrogens with one attached hydrogen (secondary N) is 2. The highest BCUT2D eigenvalue weighted by molar-refractivity contribution is 6.04. The van der Waals surface area contributed by atoms with Gasteiger partial charge in [-0.05, 0) is 18.6 Å². The molecule has 2 fully saturated rings. The smallest absolute Gasteiger partial charge is 0.322 e. The molecule has 132 valence electrons. The van der Waals surface area contributed by atoms with Crippen LogP contribution < -0.4 is 10.6 Å². The zero-order chi connectivity index (χ0) is 17.8. The third-order valence-electron chi connectivity index (χ3n) is 4.45. The Hall–Kier alpha value is -2.90.